The fourth-order valence-corrected chi connectivity index (χ4v) is 1.27. The fourth-order valence-electron chi connectivity index (χ4n) is 1.27. The highest BCUT2D eigenvalue weighted by molar-refractivity contribution is 5.76. The molecule has 0 saturated carbocycles. The Bertz CT molecular complexity index is 370. The molecule has 0 spiro atoms. The second kappa shape index (κ2) is 4.46. The third kappa shape index (κ3) is 2.36. The summed E-state index contributed by atoms with van der Waals surface area (Å²) in [6.07, 6.45) is 3.70. The van der Waals surface area contributed by atoms with Crippen LogP contribution >= 0.6 is 0 Å². The number of carboxylic acids is 1. The van der Waals surface area contributed by atoms with Crippen molar-refractivity contribution in [3.63, 3.8) is 0 Å². The van der Waals surface area contributed by atoms with Crippen molar-refractivity contribution in [3.8, 4) is 0 Å². The molecule has 0 fully saturated rings. The molecular formula is C11H13NO2. The Morgan fingerprint density at radius 2 is 2.29 bits per heavy atom. The SMILES string of the molecule is CC=Cc1cccc(CC(=O)O)c1N. The van der Waals surface area contributed by atoms with Gasteiger partial charge in [0.2, 0.25) is 0 Å². The van der Waals surface area contributed by atoms with E-state index >= 15 is 0 Å². The van der Waals surface area contributed by atoms with Crippen LogP contribution in [0.4, 0.5) is 5.69 Å². The van der Waals surface area contributed by atoms with Crippen LogP contribution in [0, 0.1) is 0 Å². The van der Waals surface area contributed by atoms with Crippen molar-refractivity contribution < 1.29 is 9.90 Å². The monoisotopic (exact) mass is 191 g/mol. The molecule has 1 aromatic carbocycles. The predicted molar refractivity (Wildman–Crippen MR) is 56.9 cm³/mol. The van der Waals surface area contributed by atoms with E-state index in [1.54, 1.807) is 6.07 Å². The summed E-state index contributed by atoms with van der Waals surface area (Å²) in [4.78, 5) is 10.5. The zero-order valence-electron chi connectivity index (χ0n) is 8.03. The molecule has 0 heterocycles. The van der Waals surface area contributed by atoms with E-state index in [-0.39, 0.29) is 6.42 Å². The molecule has 3 heteroatoms. The summed E-state index contributed by atoms with van der Waals surface area (Å²) < 4.78 is 0. The predicted octanol–water partition coefficient (Wildman–Crippen LogP) is 1.93. The molecule has 0 radical (unpaired) electrons. The van der Waals surface area contributed by atoms with E-state index in [1.807, 2.05) is 31.2 Å². The van der Waals surface area contributed by atoms with Crippen molar-refractivity contribution in [3.05, 3.63) is 35.4 Å². The molecule has 0 saturated heterocycles. The second-order valence-corrected chi connectivity index (χ2v) is 2.99. The number of para-hydroxylation sites is 1. The molecule has 1 aromatic rings. The lowest BCUT2D eigenvalue weighted by Gasteiger charge is -2.05. The van der Waals surface area contributed by atoms with E-state index in [2.05, 4.69) is 0 Å². The standard InChI is InChI=1S/C11H13NO2/c1-2-4-8-5-3-6-9(11(8)12)7-10(13)14/h2-6H,7,12H2,1H3,(H,13,14). The quantitative estimate of drug-likeness (QED) is 0.717. The van der Waals surface area contributed by atoms with Gasteiger partial charge in [-0.25, -0.2) is 0 Å². The number of hydrogen-bond donors (Lipinski definition) is 2. The summed E-state index contributed by atoms with van der Waals surface area (Å²) in [5.41, 5.74) is 7.88. The zero-order chi connectivity index (χ0) is 10.6. The zero-order valence-corrected chi connectivity index (χ0v) is 8.03. The topological polar surface area (TPSA) is 63.3 Å². The van der Waals surface area contributed by atoms with Gasteiger partial charge < -0.3 is 10.8 Å². The first-order chi connectivity index (χ1) is 6.65. The van der Waals surface area contributed by atoms with Crippen LogP contribution in [-0.4, -0.2) is 11.1 Å². The molecule has 0 unspecified atom stereocenters. The molecule has 0 amide bonds. The van der Waals surface area contributed by atoms with Crippen molar-refractivity contribution in [2.45, 2.75) is 13.3 Å². The number of aliphatic carboxylic acids is 1. The van der Waals surface area contributed by atoms with Gasteiger partial charge in [0.05, 0.1) is 6.42 Å². The van der Waals surface area contributed by atoms with Crippen LogP contribution in [0.3, 0.4) is 0 Å². The number of anilines is 1. The summed E-state index contributed by atoms with van der Waals surface area (Å²) >= 11 is 0. The third-order valence-corrected chi connectivity index (χ3v) is 1.92. The van der Waals surface area contributed by atoms with E-state index in [1.165, 1.54) is 0 Å². The summed E-state index contributed by atoms with van der Waals surface area (Å²) in [5.74, 6) is -0.866. The Balaban J connectivity index is 3.07. The normalized spacial score (nSPS) is 10.6. The van der Waals surface area contributed by atoms with Gasteiger partial charge in [0, 0.05) is 5.69 Å². The Hall–Kier alpha value is -1.77. The lowest BCUT2D eigenvalue weighted by Crippen LogP contribution is -2.04. The van der Waals surface area contributed by atoms with Gasteiger partial charge in [0.1, 0.15) is 0 Å². The van der Waals surface area contributed by atoms with Crippen molar-refractivity contribution in [1.82, 2.24) is 0 Å². The van der Waals surface area contributed by atoms with Crippen molar-refractivity contribution in [2.24, 2.45) is 0 Å². The van der Waals surface area contributed by atoms with Gasteiger partial charge in [-0.15, -0.1) is 0 Å². The van der Waals surface area contributed by atoms with Gasteiger partial charge in [0.25, 0.3) is 0 Å². The van der Waals surface area contributed by atoms with Gasteiger partial charge in [-0.2, -0.15) is 0 Å². The lowest BCUT2D eigenvalue weighted by molar-refractivity contribution is -0.136. The lowest BCUT2D eigenvalue weighted by atomic mass is 10.0. The van der Waals surface area contributed by atoms with Gasteiger partial charge in [0.15, 0.2) is 0 Å². The molecule has 0 bridgehead atoms. The molecule has 0 aliphatic carbocycles. The highest BCUT2D eigenvalue weighted by Crippen LogP contribution is 2.19. The largest absolute Gasteiger partial charge is 0.481 e. The van der Waals surface area contributed by atoms with Crippen LogP contribution in [-0.2, 0) is 11.2 Å². The number of benzene rings is 1. The maximum atomic E-state index is 10.5. The Labute approximate surface area is 82.9 Å². The summed E-state index contributed by atoms with van der Waals surface area (Å²) in [5, 5.41) is 8.64. The van der Waals surface area contributed by atoms with Crippen LogP contribution in [0.2, 0.25) is 0 Å². The summed E-state index contributed by atoms with van der Waals surface area (Å²) in [6.45, 7) is 1.89. The van der Waals surface area contributed by atoms with Gasteiger partial charge in [-0.3, -0.25) is 4.79 Å². The molecular weight excluding hydrogens is 178 g/mol. The Kier molecular flexibility index (Phi) is 3.29. The highest BCUT2D eigenvalue weighted by Gasteiger charge is 2.06. The van der Waals surface area contributed by atoms with Crippen LogP contribution in [0.15, 0.2) is 24.3 Å². The number of nitrogens with two attached hydrogens (primary N) is 1. The number of carbonyl (C=O) groups is 1. The summed E-state index contributed by atoms with van der Waals surface area (Å²) in [7, 11) is 0. The van der Waals surface area contributed by atoms with E-state index in [0.717, 1.165) is 5.56 Å². The van der Waals surface area contributed by atoms with E-state index in [0.29, 0.717) is 11.3 Å². The maximum absolute atomic E-state index is 10.5. The number of hydrogen-bond acceptors (Lipinski definition) is 2. The first-order valence-corrected chi connectivity index (χ1v) is 4.37. The molecule has 3 nitrogen and oxygen atoms in total. The average Bonchev–Trinajstić information content (AvgIpc) is 2.11. The molecule has 14 heavy (non-hydrogen) atoms. The van der Waals surface area contributed by atoms with Crippen molar-refractivity contribution in [1.29, 1.82) is 0 Å². The third-order valence-electron chi connectivity index (χ3n) is 1.92. The molecule has 74 valence electrons. The maximum Gasteiger partial charge on any atom is 0.307 e. The van der Waals surface area contributed by atoms with E-state index < -0.39 is 5.97 Å². The minimum Gasteiger partial charge on any atom is -0.481 e. The number of rotatable bonds is 3. The van der Waals surface area contributed by atoms with Crippen molar-refractivity contribution in [2.75, 3.05) is 5.73 Å². The van der Waals surface area contributed by atoms with Gasteiger partial charge >= 0.3 is 5.97 Å². The highest BCUT2D eigenvalue weighted by atomic mass is 16.4. The van der Waals surface area contributed by atoms with Gasteiger partial charge in [-0.1, -0.05) is 30.4 Å². The molecule has 0 aliphatic rings. The minimum atomic E-state index is -0.866. The molecule has 3 N–H and O–H groups in total. The summed E-state index contributed by atoms with van der Waals surface area (Å²) in [6, 6.07) is 5.40. The molecule has 0 atom stereocenters. The fraction of sp³-hybridized carbons (Fsp3) is 0.182. The van der Waals surface area contributed by atoms with Crippen LogP contribution < -0.4 is 5.73 Å². The average molecular weight is 191 g/mol. The van der Waals surface area contributed by atoms with Crippen LogP contribution in [0.25, 0.3) is 6.08 Å². The number of allylic oxidation sites excluding steroid dienone is 1. The molecule has 0 aliphatic heterocycles. The smallest absolute Gasteiger partial charge is 0.307 e. The van der Waals surface area contributed by atoms with Gasteiger partial charge in [-0.05, 0) is 18.1 Å². The Morgan fingerprint density at radius 3 is 2.86 bits per heavy atom. The van der Waals surface area contributed by atoms with Crippen LogP contribution in [0.1, 0.15) is 18.1 Å². The van der Waals surface area contributed by atoms with E-state index in [9.17, 15) is 4.79 Å². The molecule has 1 rings (SSSR count). The Morgan fingerprint density at radius 1 is 1.57 bits per heavy atom. The first-order valence-electron chi connectivity index (χ1n) is 4.37. The number of nitrogen functional groups attached to an aromatic ring is 1. The first kappa shape index (κ1) is 10.3. The number of carboxylic acid groups (broad SMARTS) is 1. The molecule has 0 aromatic heterocycles. The van der Waals surface area contributed by atoms with Crippen molar-refractivity contribution >= 4 is 17.7 Å². The van der Waals surface area contributed by atoms with E-state index in [4.69, 9.17) is 10.8 Å². The second-order valence-electron chi connectivity index (χ2n) is 2.99. The van der Waals surface area contributed by atoms with Crippen LogP contribution in [0.5, 0.6) is 0 Å². The minimum absolute atomic E-state index is 0.0305.